The highest BCUT2D eigenvalue weighted by atomic mass is 32.1. The van der Waals surface area contributed by atoms with Gasteiger partial charge in [-0.3, -0.25) is 9.69 Å². The number of aromatic nitrogens is 1. The maximum atomic E-state index is 13.0. The van der Waals surface area contributed by atoms with E-state index in [2.05, 4.69) is 75.3 Å². The quantitative estimate of drug-likeness (QED) is 0.695. The van der Waals surface area contributed by atoms with Crippen LogP contribution in [0.15, 0.2) is 48.0 Å². The van der Waals surface area contributed by atoms with Crippen LogP contribution in [0.5, 0.6) is 0 Å². The molecule has 2 aliphatic rings. The third-order valence-corrected chi connectivity index (χ3v) is 7.13. The summed E-state index contributed by atoms with van der Waals surface area (Å²) in [5, 5.41) is 3.41. The van der Waals surface area contributed by atoms with Crippen molar-refractivity contribution in [3.05, 3.63) is 58.4 Å². The Morgan fingerprint density at radius 3 is 2.72 bits per heavy atom. The minimum atomic E-state index is -0.133. The molecular formula is C22H27N5OS. The van der Waals surface area contributed by atoms with E-state index >= 15 is 0 Å². The molecule has 2 aromatic heterocycles. The third-order valence-electron chi connectivity index (χ3n) is 6.15. The van der Waals surface area contributed by atoms with Crippen LogP contribution in [0.1, 0.15) is 22.9 Å². The predicted octanol–water partition coefficient (Wildman–Crippen LogP) is 2.49. The van der Waals surface area contributed by atoms with Crippen molar-refractivity contribution < 1.29 is 4.79 Å². The molecule has 5 rings (SSSR count). The molecule has 1 amide bonds. The molecule has 29 heavy (non-hydrogen) atoms. The second-order valence-electron chi connectivity index (χ2n) is 8.03. The number of nitrogens with one attached hydrogen (secondary N) is 2. The molecule has 0 aliphatic carbocycles. The average Bonchev–Trinajstić information content (AvgIpc) is 3.49. The Hall–Kier alpha value is -2.19. The lowest BCUT2D eigenvalue weighted by Crippen LogP contribution is -2.53. The van der Waals surface area contributed by atoms with Gasteiger partial charge in [0.05, 0.1) is 6.04 Å². The topological polar surface area (TPSA) is 52.5 Å². The minimum absolute atomic E-state index is 0.133. The number of para-hydroxylation sites is 1. The fourth-order valence-corrected chi connectivity index (χ4v) is 5.32. The highest BCUT2D eigenvalue weighted by Crippen LogP contribution is 2.27. The predicted molar refractivity (Wildman–Crippen MR) is 117 cm³/mol. The molecule has 3 aromatic rings. The molecule has 2 unspecified atom stereocenters. The van der Waals surface area contributed by atoms with Crippen LogP contribution in [-0.2, 0) is 18.4 Å². The standard InChI is InChI=1S/C22H27N5OS/c1-25-14-16(17-5-2-3-6-20(17)25)15-26-8-10-27(11-9-26)22(28)19-13-18(23-24-19)21-7-4-12-29-21/h2-7,12,14,18-19,23-24H,8-11,13,15H2,1H3. The van der Waals surface area contributed by atoms with Crippen molar-refractivity contribution >= 4 is 28.1 Å². The molecule has 7 heteroatoms. The number of piperazine rings is 1. The zero-order chi connectivity index (χ0) is 19.8. The Balaban J connectivity index is 1.17. The summed E-state index contributed by atoms with van der Waals surface area (Å²) in [5.74, 6) is 0.223. The van der Waals surface area contributed by atoms with E-state index in [0.29, 0.717) is 0 Å². The molecule has 2 fully saturated rings. The maximum absolute atomic E-state index is 13.0. The number of thiophene rings is 1. The number of carbonyl (C=O) groups is 1. The van der Waals surface area contributed by atoms with Crippen molar-refractivity contribution in [3.63, 3.8) is 0 Å². The van der Waals surface area contributed by atoms with Crippen molar-refractivity contribution in [1.82, 2.24) is 25.2 Å². The lowest BCUT2D eigenvalue weighted by molar-refractivity contribution is -0.135. The number of amides is 1. The van der Waals surface area contributed by atoms with Gasteiger partial charge in [0.1, 0.15) is 6.04 Å². The van der Waals surface area contributed by atoms with E-state index in [-0.39, 0.29) is 18.0 Å². The lowest BCUT2D eigenvalue weighted by Gasteiger charge is -2.35. The van der Waals surface area contributed by atoms with Crippen LogP contribution in [0.4, 0.5) is 0 Å². The molecule has 2 atom stereocenters. The zero-order valence-corrected chi connectivity index (χ0v) is 17.5. The molecular weight excluding hydrogens is 382 g/mol. The van der Waals surface area contributed by atoms with E-state index in [1.54, 1.807) is 11.3 Å². The van der Waals surface area contributed by atoms with Crippen molar-refractivity contribution in [2.24, 2.45) is 7.05 Å². The van der Waals surface area contributed by atoms with E-state index in [0.717, 1.165) is 39.1 Å². The summed E-state index contributed by atoms with van der Waals surface area (Å²) < 4.78 is 2.20. The molecule has 2 saturated heterocycles. The Kier molecular flexibility index (Phi) is 5.13. The van der Waals surface area contributed by atoms with Crippen molar-refractivity contribution in [3.8, 4) is 0 Å². The fraction of sp³-hybridized carbons (Fsp3) is 0.409. The minimum Gasteiger partial charge on any atom is -0.350 e. The molecule has 0 bridgehead atoms. The van der Waals surface area contributed by atoms with Crippen LogP contribution in [-0.4, -0.2) is 52.5 Å². The van der Waals surface area contributed by atoms with Gasteiger partial charge in [-0.05, 0) is 29.5 Å². The highest BCUT2D eigenvalue weighted by molar-refractivity contribution is 7.10. The molecule has 0 saturated carbocycles. The van der Waals surface area contributed by atoms with Crippen molar-refractivity contribution in [2.75, 3.05) is 26.2 Å². The zero-order valence-electron chi connectivity index (χ0n) is 16.7. The van der Waals surface area contributed by atoms with Gasteiger partial charge in [0.15, 0.2) is 0 Å². The van der Waals surface area contributed by atoms with Gasteiger partial charge >= 0.3 is 0 Å². The van der Waals surface area contributed by atoms with Crippen LogP contribution >= 0.6 is 11.3 Å². The summed E-state index contributed by atoms with van der Waals surface area (Å²) >= 11 is 1.74. The lowest BCUT2D eigenvalue weighted by atomic mass is 10.1. The number of carbonyl (C=O) groups excluding carboxylic acids is 1. The monoisotopic (exact) mass is 409 g/mol. The summed E-state index contributed by atoms with van der Waals surface area (Å²) in [6, 6.07) is 12.9. The van der Waals surface area contributed by atoms with Crippen molar-refractivity contribution in [2.45, 2.75) is 25.0 Å². The number of rotatable bonds is 4. The van der Waals surface area contributed by atoms with E-state index in [1.807, 2.05) is 4.90 Å². The second kappa shape index (κ2) is 7.91. The molecule has 2 aliphatic heterocycles. The summed E-state index contributed by atoms with van der Waals surface area (Å²) in [4.78, 5) is 18.7. The largest absolute Gasteiger partial charge is 0.350 e. The first-order valence-electron chi connectivity index (χ1n) is 10.3. The third kappa shape index (κ3) is 3.71. The first-order valence-corrected chi connectivity index (χ1v) is 11.2. The summed E-state index contributed by atoms with van der Waals surface area (Å²) in [6.07, 6.45) is 3.05. The van der Waals surface area contributed by atoms with Gasteiger partial charge in [-0.15, -0.1) is 11.3 Å². The molecule has 0 spiro atoms. The van der Waals surface area contributed by atoms with Crippen LogP contribution in [0.25, 0.3) is 10.9 Å². The van der Waals surface area contributed by atoms with Gasteiger partial charge in [-0.2, -0.15) is 0 Å². The molecule has 4 heterocycles. The Labute approximate surface area is 175 Å². The smallest absolute Gasteiger partial charge is 0.241 e. The summed E-state index contributed by atoms with van der Waals surface area (Å²) in [7, 11) is 2.11. The first kappa shape index (κ1) is 18.8. The van der Waals surface area contributed by atoms with Gasteiger partial charge in [0.2, 0.25) is 5.91 Å². The maximum Gasteiger partial charge on any atom is 0.241 e. The van der Waals surface area contributed by atoms with Gasteiger partial charge < -0.3 is 9.47 Å². The molecule has 6 nitrogen and oxygen atoms in total. The van der Waals surface area contributed by atoms with Crippen LogP contribution < -0.4 is 10.9 Å². The number of nitrogens with zero attached hydrogens (tertiary/aromatic N) is 3. The van der Waals surface area contributed by atoms with Gasteiger partial charge in [0, 0.05) is 61.7 Å². The van der Waals surface area contributed by atoms with Gasteiger partial charge in [-0.25, -0.2) is 10.9 Å². The number of aryl methyl sites for hydroxylation is 1. The Morgan fingerprint density at radius 2 is 1.93 bits per heavy atom. The molecule has 0 radical (unpaired) electrons. The Morgan fingerprint density at radius 1 is 1.10 bits per heavy atom. The highest BCUT2D eigenvalue weighted by Gasteiger charge is 2.34. The number of benzene rings is 1. The Bertz CT molecular complexity index is 990. The summed E-state index contributed by atoms with van der Waals surface area (Å²) in [5.41, 5.74) is 9.14. The van der Waals surface area contributed by atoms with Crippen LogP contribution in [0.2, 0.25) is 0 Å². The van der Waals surface area contributed by atoms with Crippen LogP contribution in [0.3, 0.4) is 0 Å². The van der Waals surface area contributed by atoms with Gasteiger partial charge in [0.25, 0.3) is 0 Å². The second-order valence-corrected chi connectivity index (χ2v) is 9.01. The molecule has 1 aromatic carbocycles. The number of hydrogen-bond donors (Lipinski definition) is 2. The normalized spacial score (nSPS) is 23.1. The number of hydrazine groups is 1. The van der Waals surface area contributed by atoms with Gasteiger partial charge in [-0.1, -0.05) is 24.3 Å². The number of hydrogen-bond acceptors (Lipinski definition) is 5. The average molecular weight is 410 g/mol. The summed E-state index contributed by atoms with van der Waals surface area (Å²) in [6.45, 7) is 4.37. The molecule has 2 N–H and O–H groups in total. The van der Waals surface area contributed by atoms with Crippen molar-refractivity contribution in [1.29, 1.82) is 0 Å². The van der Waals surface area contributed by atoms with Crippen LogP contribution in [0, 0.1) is 0 Å². The molecule has 152 valence electrons. The SMILES string of the molecule is Cn1cc(CN2CCN(C(=O)C3CC(c4cccs4)NN3)CC2)c2ccccc21. The first-order chi connectivity index (χ1) is 14.2. The van der Waals surface area contributed by atoms with E-state index < -0.39 is 0 Å². The van der Waals surface area contributed by atoms with E-state index in [9.17, 15) is 4.79 Å². The van der Waals surface area contributed by atoms with E-state index in [4.69, 9.17) is 0 Å². The van der Waals surface area contributed by atoms with E-state index in [1.165, 1.54) is 21.3 Å². The number of fused-ring (bicyclic) bond motifs is 1. The fourth-order valence-electron chi connectivity index (χ4n) is 4.53.